The number of carbonyl (C=O) groups is 1. The van der Waals surface area contributed by atoms with Crippen LogP contribution < -0.4 is 0 Å². The Labute approximate surface area is 115 Å². The van der Waals surface area contributed by atoms with E-state index in [1.807, 2.05) is 18.2 Å². The summed E-state index contributed by atoms with van der Waals surface area (Å²) in [5.41, 5.74) is 1.21. The average molecular weight is 250 g/mol. The van der Waals surface area contributed by atoms with Crippen LogP contribution in [0.15, 0.2) is 36.4 Å². The van der Waals surface area contributed by atoms with Gasteiger partial charge in [-0.1, -0.05) is 48.4 Å². The third-order valence-electron chi connectivity index (χ3n) is 2.51. The minimum absolute atomic E-state index is 0.0576. The summed E-state index contributed by atoms with van der Waals surface area (Å²) in [4.78, 5) is 11.2. The zero-order chi connectivity index (χ0) is 13.8. The van der Waals surface area contributed by atoms with E-state index in [9.17, 15) is 4.79 Å². The molecule has 1 nitrogen and oxygen atoms in total. The van der Waals surface area contributed by atoms with E-state index >= 15 is 0 Å². The number of benzene rings is 1. The normalized spacial score (nSPS) is 9.63. The Balaban J connectivity index is 2.15. The first-order chi connectivity index (χ1) is 9.33. The Morgan fingerprint density at radius 2 is 2.00 bits per heavy atom. The zero-order valence-corrected chi connectivity index (χ0v) is 11.1. The molecule has 0 radical (unpaired) electrons. The molecule has 0 aliphatic carbocycles. The molecule has 1 heteroatoms. The van der Waals surface area contributed by atoms with E-state index in [-0.39, 0.29) is 5.78 Å². The molecule has 19 heavy (non-hydrogen) atoms. The third kappa shape index (κ3) is 7.63. The minimum Gasteiger partial charge on any atom is -0.285 e. The van der Waals surface area contributed by atoms with Gasteiger partial charge in [0.05, 0.1) is 0 Å². The van der Waals surface area contributed by atoms with E-state index < -0.39 is 0 Å². The maximum absolute atomic E-state index is 11.2. The molecule has 0 atom stereocenters. The van der Waals surface area contributed by atoms with Crippen molar-refractivity contribution in [1.29, 1.82) is 0 Å². The lowest BCUT2D eigenvalue weighted by atomic mass is 10.1. The summed E-state index contributed by atoms with van der Waals surface area (Å²) in [6.45, 7) is 0. The summed E-state index contributed by atoms with van der Waals surface area (Å²) in [6, 6.07) is 10.2. The standard InChI is InChI=1S/C18H18O/c1-2-3-15-18(19)16-11-6-4-5-8-12-17-13-9-7-10-14-17/h1,7-10,12-14H,3-6,15H2/b12-8+. The third-order valence-corrected chi connectivity index (χ3v) is 2.51. The van der Waals surface area contributed by atoms with Crippen molar-refractivity contribution < 1.29 is 4.79 Å². The summed E-state index contributed by atoms with van der Waals surface area (Å²) >= 11 is 0. The molecule has 0 amide bonds. The monoisotopic (exact) mass is 250 g/mol. The zero-order valence-electron chi connectivity index (χ0n) is 11.1. The second-order valence-electron chi connectivity index (χ2n) is 4.13. The molecular formula is C18H18O. The molecule has 0 saturated heterocycles. The second-order valence-corrected chi connectivity index (χ2v) is 4.13. The van der Waals surface area contributed by atoms with Gasteiger partial charge in [0.1, 0.15) is 0 Å². The van der Waals surface area contributed by atoms with Crippen molar-refractivity contribution in [3.8, 4) is 24.2 Å². The smallest absolute Gasteiger partial charge is 0.206 e. The van der Waals surface area contributed by atoms with Crippen molar-refractivity contribution in [3.05, 3.63) is 42.0 Å². The molecular weight excluding hydrogens is 232 g/mol. The number of hydrogen-bond acceptors (Lipinski definition) is 1. The number of ketones is 1. The van der Waals surface area contributed by atoms with Crippen LogP contribution in [0.25, 0.3) is 6.08 Å². The molecule has 1 aromatic rings. The quantitative estimate of drug-likeness (QED) is 0.426. The fourth-order valence-electron chi connectivity index (χ4n) is 1.50. The van der Waals surface area contributed by atoms with E-state index in [4.69, 9.17) is 6.42 Å². The van der Waals surface area contributed by atoms with Crippen molar-refractivity contribution in [2.75, 3.05) is 0 Å². The van der Waals surface area contributed by atoms with E-state index in [1.165, 1.54) is 5.56 Å². The highest BCUT2D eigenvalue weighted by atomic mass is 16.1. The first-order valence-electron chi connectivity index (χ1n) is 6.49. The summed E-state index contributed by atoms with van der Waals surface area (Å²) < 4.78 is 0. The number of allylic oxidation sites excluding steroid dienone is 1. The molecule has 96 valence electrons. The fraction of sp³-hybridized carbons (Fsp3) is 0.278. The molecule has 0 unspecified atom stereocenters. The molecule has 0 aromatic heterocycles. The van der Waals surface area contributed by atoms with Gasteiger partial charge in [-0.2, -0.15) is 0 Å². The van der Waals surface area contributed by atoms with E-state index in [1.54, 1.807) is 0 Å². The number of Topliss-reactive ketones (excluding diaryl/α,β-unsaturated/α-hetero) is 1. The first-order valence-corrected chi connectivity index (χ1v) is 6.49. The Kier molecular flexibility index (Phi) is 7.60. The summed E-state index contributed by atoms with van der Waals surface area (Å²) in [6.07, 6.45) is 12.9. The summed E-state index contributed by atoms with van der Waals surface area (Å²) in [5.74, 6) is 7.89. The lowest BCUT2D eigenvalue weighted by Gasteiger charge is -1.91. The second kappa shape index (κ2) is 9.75. The van der Waals surface area contributed by atoms with Gasteiger partial charge in [0.15, 0.2) is 0 Å². The van der Waals surface area contributed by atoms with Crippen molar-refractivity contribution in [2.45, 2.75) is 32.1 Å². The number of unbranched alkanes of at least 4 members (excludes halogenated alkanes) is 2. The van der Waals surface area contributed by atoms with Crippen LogP contribution in [0.5, 0.6) is 0 Å². The van der Waals surface area contributed by atoms with Crippen LogP contribution >= 0.6 is 0 Å². The van der Waals surface area contributed by atoms with Gasteiger partial charge in [-0.3, -0.25) is 4.79 Å². The molecule has 0 saturated carbocycles. The average Bonchev–Trinajstić information content (AvgIpc) is 2.45. The first kappa shape index (κ1) is 14.8. The van der Waals surface area contributed by atoms with Crippen molar-refractivity contribution in [2.24, 2.45) is 0 Å². The number of hydrogen-bond donors (Lipinski definition) is 0. The van der Waals surface area contributed by atoms with E-state index in [0.29, 0.717) is 12.8 Å². The number of terminal acetylenes is 1. The van der Waals surface area contributed by atoms with Crippen LogP contribution in [0.3, 0.4) is 0 Å². The topological polar surface area (TPSA) is 17.1 Å². The Morgan fingerprint density at radius 3 is 2.74 bits per heavy atom. The van der Waals surface area contributed by atoms with E-state index in [0.717, 1.165) is 19.3 Å². The van der Waals surface area contributed by atoms with Gasteiger partial charge in [0.2, 0.25) is 5.78 Å². The molecule has 1 rings (SSSR count). The lowest BCUT2D eigenvalue weighted by Crippen LogP contribution is -1.91. The Morgan fingerprint density at radius 1 is 1.21 bits per heavy atom. The maximum atomic E-state index is 11.2. The van der Waals surface area contributed by atoms with Crippen LogP contribution in [0, 0.1) is 24.2 Å². The molecule has 0 bridgehead atoms. The van der Waals surface area contributed by atoms with Gasteiger partial charge >= 0.3 is 0 Å². The lowest BCUT2D eigenvalue weighted by molar-refractivity contribution is -0.113. The SMILES string of the molecule is C#CCCC(=O)C#CCCC/C=C/c1ccccc1. The molecule has 0 fully saturated rings. The summed E-state index contributed by atoms with van der Waals surface area (Å²) in [7, 11) is 0. The Hall–Kier alpha value is -2.25. The highest BCUT2D eigenvalue weighted by molar-refractivity contribution is 5.95. The van der Waals surface area contributed by atoms with Crippen LogP contribution in [0.2, 0.25) is 0 Å². The predicted octanol–water partition coefficient (Wildman–Crippen LogP) is 3.86. The molecule has 0 heterocycles. The van der Waals surface area contributed by atoms with Crippen LogP contribution in [-0.4, -0.2) is 5.78 Å². The fourth-order valence-corrected chi connectivity index (χ4v) is 1.50. The van der Waals surface area contributed by atoms with Crippen molar-refractivity contribution in [3.63, 3.8) is 0 Å². The van der Waals surface area contributed by atoms with Crippen LogP contribution in [0.1, 0.15) is 37.7 Å². The van der Waals surface area contributed by atoms with Gasteiger partial charge in [-0.25, -0.2) is 0 Å². The molecule has 0 N–H and O–H groups in total. The maximum Gasteiger partial charge on any atom is 0.206 e. The van der Waals surface area contributed by atoms with Gasteiger partial charge < -0.3 is 0 Å². The largest absolute Gasteiger partial charge is 0.285 e. The van der Waals surface area contributed by atoms with Crippen LogP contribution in [0.4, 0.5) is 0 Å². The van der Waals surface area contributed by atoms with Crippen molar-refractivity contribution >= 4 is 11.9 Å². The molecule has 1 aromatic carbocycles. The van der Waals surface area contributed by atoms with Crippen LogP contribution in [-0.2, 0) is 4.79 Å². The van der Waals surface area contributed by atoms with Gasteiger partial charge in [0, 0.05) is 19.3 Å². The molecule has 0 aliphatic rings. The van der Waals surface area contributed by atoms with Crippen molar-refractivity contribution in [1.82, 2.24) is 0 Å². The number of rotatable bonds is 6. The van der Waals surface area contributed by atoms with Gasteiger partial charge in [-0.05, 0) is 24.3 Å². The van der Waals surface area contributed by atoms with E-state index in [2.05, 4.69) is 42.0 Å². The van der Waals surface area contributed by atoms with Gasteiger partial charge in [0.25, 0.3) is 0 Å². The highest BCUT2D eigenvalue weighted by Crippen LogP contribution is 2.03. The number of carbonyl (C=O) groups excluding carboxylic acids is 1. The van der Waals surface area contributed by atoms with Gasteiger partial charge in [-0.15, -0.1) is 12.3 Å². The predicted molar refractivity (Wildman–Crippen MR) is 80.2 cm³/mol. The minimum atomic E-state index is -0.0576. The Bertz CT molecular complexity index is 506. The highest BCUT2D eigenvalue weighted by Gasteiger charge is 1.92. The molecule has 0 aliphatic heterocycles. The summed E-state index contributed by atoms with van der Waals surface area (Å²) in [5, 5.41) is 0. The molecule has 0 spiro atoms.